The van der Waals surface area contributed by atoms with E-state index in [0.29, 0.717) is 6.29 Å². The van der Waals surface area contributed by atoms with Crippen LogP contribution in [0.3, 0.4) is 0 Å². The van der Waals surface area contributed by atoms with E-state index >= 15 is 0 Å². The summed E-state index contributed by atoms with van der Waals surface area (Å²) in [5, 5.41) is 10.3. The van der Waals surface area contributed by atoms with Crippen LogP contribution < -0.4 is 4.74 Å². The third kappa shape index (κ3) is 1.78. The molecule has 0 spiro atoms. The van der Waals surface area contributed by atoms with Crippen molar-refractivity contribution in [3.05, 3.63) is 27.9 Å². The molecule has 0 aliphatic rings. The minimum absolute atomic E-state index is 0.115. The number of carbonyl (C=O) groups is 1. The van der Waals surface area contributed by atoms with Crippen LogP contribution in [0.25, 0.3) is 0 Å². The molecule has 0 atom stereocenters. The summed E-state index contributed by atoms with van der Waals surface area (Å²) in [4.78, 5) is 23.5. The molecule has 0 saturated carbocycles. The Morgan fingerprint density at radius 3 is 2.85 bits per heavy atom. The van der Waals surface area contributed by atoms with Crippen molar-refractivity contribution in [3.63, 3.8) is 0 Å². The summed E-state index contributed by atoms with van der Waals surface area (Å²) >= 11 is 0. The lowest BCUT2D eigenvalue weighted by atomic mass is 10.2. The predicted octanol–water partition coefficient (Wildman–Crippen LogP) is 0.811. The van der Waals surface area contributed by atoms with E-state index in [4.69, 9.17) is 4.74 Å². The summed E-state index contributed by atoms with van der Waals surface area (Å²) in [6.45, 7) is 0. The number of aldehydes is 1. The van der Waals surface area contributed by atoms with Crippen LogP contribution >= 0.6 is 0 Å². The van der Waals surface area contributed by atoms with Crippen molar-refractivity contribution < 1.29 is 14.5 Å². The SMILES string of the molecule is COc1cnc([N+](=O)[O-])cc1C=O. The number of aromatic nitrogens is 1. The molecule has 0 N–H and O–H groups in total. The van der Waals surface area contributed by atoms with E-state index in [2.05, 4.69) is 4.98 Å². The van der Waals surface area contributed by atoms with Gasteiger partial charge in [-0.3, -0.25) is 4.79 Å². The first-order valence-corrected chi connectivity index (χ1v) is 3.32. The Balaban J connectivity index is 3.20. The van der Waals surface area contributed by atoms with Gasteiger partial charge in [0.15, 0.2) is 18.2 Å². The predicted molar refractivity (Wildman–Crippen MR) is 42.8 cm³/mol. The highest BCUT2D eigenvalue weighted by Crippen LogP contribution is 2.18. The number of ether oxygens (including phenoxy) is 1. The molecule has 0 aliphatic carbocycles. The summed E-state index contributed by atoms with van der Waals surface area (Å²) in [6.07, 6.45) is 1.62. The molecule has 1 heterocycles. The smallest absolute Gasteiger partial charge is 0.364 e. The van der Waals surface area contributed by atoms with Gasteiger partial charge in [0.2, 0.25) is 0 Å². The maximum atomic E-state index is 10.4. The van der Waals surface area contributed by atoms with Crippen LogP contribution in [0.4, 0.5) is 5.82 Å². The third-order valence-corrected chi connectivity index (χ3v) is 1.42. The molecule has 68 valence electrons. The number of hydrogen-bond acceptors (Lipinski definition) is 5. The fourth-order valence-corrected chi connectivity index (χ4v) is 0.809. The summed E-state index contributed by atoms with van der Waals surface area (Å²) in [7, 11) is 1.36. The molecule has 0 bridgehead atoms. The first kappa shape index (κ1) is 9.11. The molecule has 0 amide bonds. The molecule has 1 aromatic rings. The van der Waals surface area contributed by atoms with Gasteiger partial charge in [-0.2, -0.15) is 0 Å². The molecule has 0 unspecified atom stereocenters. The van der Waals surface area contributed by atoms with Gasteiger partial charge in [0, 0.05) is 0 Å². The first-order chi connectivity index (χ1) is 6.19. The largest absolute Gasteiger partial charge is 0.492 e. The maximum absolute atomic E-state index is 10.4. The molecule has 0 aliphatic heterocycles. The Bertz CT molecular complexity index is 350. The molecule has 13 heavy (non-hydrogen) atoms. The van der Waals surface area contributed by atoms with Crippen molar-refractivity contribution in [1.29, 1.82) is 0 Å². The number of rotatable bonds is 3. The normalized spacial score (nSPS) is 9.31. The highest BCUT2D eigenvalue weighted by atomic mass is 16.6. The number of hydrogen-bond donors (Lipinski definition) is 0. The van der Waals surface area contributed by atoms with E-state index in [0.717, 1.165) is 12.3 Å². The van der Waals surface area contributed by atoms with Crippen molar-refractivity contribution in [3.8, 4) is 5.75 Å². The van der Waals surface area contributed by atoms with Crippen molar-refractivity contribution in [2.24, 2.45) is 0 Å². The topological polar surface area (TPSA) is 82.3 Å². The Morgan fingerprint density at radius 1 is 1.69 bits per heavy atom. The lowest BCUT2D eigenvalue weighted by Gasteiger charge is -1.99. The Labute approximate surface area is 73.3 Å². The second-order valence-corrected chi connectivity index (χ2v) is 2.16. The van der Waals surface area contributed by atoms with E-state index in [9.17, 15) is 14.9 Å². The zero-order valence-corrected chi connectivity index (χ0v) is 6.76. The summed E-state index contributed by atoms with van der Waals surface area (Å²) in [5.41, 5.74) is 0.115. The Hall–Kier alpha value is -1.98. The van der Waals surface area contributed by atoms with Crippen LogP contribution in [0, 0.1) is 10.1 Å². The molecule has 1 rings (SSSR count). The molecule has 6 heteroatoms. The first-order valence-electron chi connectivity index (χ1n) is 3.32. The van der Waals surface area contributed by atoms with Gasteiger partial charge in [-0.05, 0) is 9.91 Å². The summed E-state index contributed by atoms with van der Waals surface area (Å²) in [5.74, 6) is -0.150. The van der Waals surface area contributed by atoms with Crippen molar-refractivity contribution in [1.82, 2.24) is 4.98 Å². The standard InChI is InChI=1S/C7H6N2O4/c1-13-6-3-8-7(9(11)12)2-5(6)4-10/h2-4H,1H3. The fraction of sp³-hybridized carbons (Fsp3) is 0.143. The Kier molecular flexibility index (Phi) is 2.53. The number of pyridine rings is 1. The monoisotopic (exact) mass is 182 g/mol. The van der Waals surface area contributed by atoms with Crippen LogP contribution in [-0.4, -0.2) is 23.3 Å². The second-order valence-electron chi connectivity index (χ2n) is 2.16. The zero-order chi connectivity index (χ0) is 9.84. The van der Waals surface area contributed by atoms with E-state index in [1.165, 1.54) is 7.11 Å². The van der Waals surface area contributed by atoms with E-state index in [1.54, 1.807) is 0 Å². The molecular formula is C7H6N2O4. The summed E-state index contributed by atoms with van der Waals surface area (Å²) in [6, 6.07) is 1.06. The molecule has 0 saturated heterocycles. The molecule has 0 radical (unpaired) electrons. The average molecular weight is 182 g/mol. The van der Waals surface area contributed by atoms with E-state index < -0.39 is 4.92 Å². The Morgan fingerprint density at radius 2 is 2.38 bits per heavy atom. The molecule has 0 aromatic carbocycles. The van der Waals surface area contributed by atoms with Gasteiger partial charge in [0.05, 0.1) is 18.7 Å². The summed E-state index contributed by atoms with van der Waals surface area (Å²) < 4.78 is 4.75. The van der Waals surface area contributed by atoms with Crippen molar-refractivity contribution in [2.75, 3.05) is 7.11 Å². The molecule has 1 aromatic heterocycles. The van der Waals surface area contributed by atoms with Crippen LogP contribution in [0.15, 0.2) is 12.3 Å². The van der Waals surface area contributed by atoms with Gasteiger partial charge >= 0.3 is 5.82 Å². The lowest BCUT2D eigenvalue weighted by Crippen LogP contribution is -1.96. The van der Waals surface area contributed by atoms with Gasteiger partial charge in [-0.1, -0.05) is 0 Å². The van der Waals surface area contributed by atoms with Gasteiger partial charge in [0.1, 0.15) is 0 Å². The second kappa shape index (κ2) is 3.61. The average Bonchev–Trinajstić information content (AvgIpc) is 2.16. The zero-order valence-electron chi connectivity index (χ0n) is 6.76. The van der Waals surface area contributed by atoms with Gasteiger partial charge < -0.3 is 14.9 Å². The van der Waals surface area contributed by atoms with Crippen LogP contribution in [-0.2, 0) is 0 Å². The maximum Gasteiger partial charge on any atom is 0.364 e. The minimum Gasteiger partial charge on any atom is -0.492 e. The fourth-order valence-electron chi connectivity index (χ4n) is 0.809. The van der Waals surface area contributed by atoms with Gasteiger partial charge in [0.25, 0.3) is 0 Å². The van der Waals surface area contributed by atoms with E-state index in [-0.39, 0.29) is 17.1 Å². The van der Waals surface area contributed by atoms with Crippen molar-refractivity contribution in [2.45, 2.75) is 0 Å². The highest BCUT2D eigenvalue weighted by Gasteiger charge is 2.12. The van der Waals surface area contributed by atoms with Gasteiger partial charge in [-0.25, -0.2) is 0 Å². The number of methoxy groups -OCH3 is 1. The van der Waals surface area contributed by atoms with Crippen LogP contribution in [0.1, 0.15) is 10.4 Å². The number of nitrogens with zero attached hydrogens (tertiary/aromatic N) is 2. The van der Waals surface area contributed by atoms with Gasteiger partial charge in [-0.15, -0.1) is 0 Å². The highest BCUT2D eigenvalue weighted by molar-refractivity contribution is 5.79. The quantitative estimate of drug-likeness (QED) is 0.392. The number of nitro groups is 1. The lowest BCUT2D eigenvalue weighted by molar-refractivity contribution is -0.389. The molecule has 0 fully saturated rings. The van der Waals surface area contributed by atoms with Crippen LogP contribution in [0.2, 0.25) is 0 Å². The molecular weight excluding hydrogens is 176 g/mol. The molecule has 6 nitrogen and oxygen atoms in total. The third-order valence-electron chi connectivity index (χ3n) is 1.42. The van der Waals surface area contributed by atoms with Crippen molar-refractivity contribution >= 4 is 12.1 Å². The van der Waals surface area contributed by atoms with E-state index in [1.807, 2.05) is 0 Å². The number of carbonyl (C=O) groups excluding carboxylic acids is 1. The van der Waals surface area contributed by atoms with Crippen LogP contribution in [0.5, 0.6) is 5.75 Å². The minimum atomic E-state index is -0.674.